The van der Waals surface area contributed by atoms with Gasteiger partial charge in [0.1, 0.15) is 0 Å². The fourth-order valence-corrected chi connectivity index (χ4v) is 3.70. The SMILES string of the molecule is CCCN(CC)CCNC1=NCC(CC)(CC)CS1. The first-order valence-corrected chi connectivity index (χ1v) is 8.81. The fourth-order valence-electron chi connectivity index (χ4n) is 2.40. The molecule has 0 bridgehead atoms. The van der Waals surface area contributed by atoms with Crippen LogP contribution in [0.3, 0.4) is 0 Å². The largest absolute Gasteiger partial charge is 0.364 e. The van der Waals surface area contributed by atoms with E-state index in [0.717, 1.165) is 31.3 Å². The van der Waals surface area contributed by atoms with Crippen molar-refractivity contribution >= 4 is 16.9 Å². The van der Waals surface area contributed by atoms with Gasteiger partial charge in [0.25, 0.3) is 0 Å². The molecule has 0 aromatic carbocycles. The van der Waals surface area contributed by atoms with Crippen molar-refractivity contribution in [2.75, 3.05) is 38.5 Å². The minimum absolute atomic E-state index is 0.452. The zero-order valence-corrected chi connectivity index (χ0v) is 14.0. The summed E-state index contributed by atoms with van der Waals surface area (Å²) in [5.41, 5.74) is 0.452. The van der Waals surface area contributed by atoms with Crippen molar-refractivity contribution in [1.29, 1.82) is 0 Å². The van der Waals surface area contributed by atoms with E-state index in [2.05, 4.69) is 37.9 Å². The Morgan fingerprint density at radius 1 is 1.21 bits per heavy atom. The van der Waals surface area contributed by atoms with Gasteiger partial charge >= 0.3 is 0 Å². The molecule has 0 fully saturated rings. The molecule has 0 aromatic heterocycles. The highest BCUT2D eigenvalue weighted by molar-refractivity contribution is 8.13. The summed E-state index contributed by atoms with van der Waals surface area (Å²) in [5.74, 6) is 1.22. The van der Waals surface area contributed by atoms with Crippen LogP contribution in [-0.4, -0.2) is 48.5 Å². The normalized spacial score (nSPS) is 18.5. The molecule has 0 atom stereocenters. The highest BCUT2D eigenvalue weighted by Crippen LogP contribution is 2.34. The van der Waals surface area contributed by atoms with Crippen molar-refractivity contribution in [2.24, 2.45) is 10.4 Å². The lowest BCUT2D eigenvalue weighted by atomic mass is 9.84. The van der Waals surface area contributed by atoms with Crippen LogP contribution >= 0.6 is 11.8 Å². The third kappa shape index (κ3) is 5.35. The van der Waals surface area contributed by atoms with E-state index in [1.54, 1.807) is 0 Å². The molecule has 1 aliphatic heterocycles. The summed E-state index contributed by atoms with van der Waals surface area (Å²) in [6.45, 7) is 14.6. The van der Waals surface area contributed by atoms with Crippen molar-refractivity contribution in [2.45, 2.75) is 47.0 Å². The summed E-state index contributed by atoms with van der Waals surface area (Å²) in [4.78, 5) is 7.23. The van der Waals surface area contributed by atoms with Gasteiger partial charge < -0.3 is 10.2 Å². The predicted octanol–water partition coefficient (Wildman–Crippen LogP) is 3.22. The van der Waals surface area contributed by atoms with Gasteiger partial charge in [-0.2, -0.15) is 0 Å². The van der Waals surface area contributed by atoms with Gasteiger partial charge in [0.05, 0.1) is 0 Å². The van der Waals surface area contributed by atoms with Gasteiger partial charge in [-0.15, -0.1) is 0 Å². The second kappa shape index (κ2) is 8.85. The molecule has 1 N–H and O–H groups in total. The van der Waals surface area contributed by atoms with E-state index in [1.807, 2.05) is 11.8 Å². The van der Waals surface area contributed by atoms with Crippen LogP contribution in [0.4, 0.5) is 0 Å². The number of likely N-dealkylation sites (N-methyl/N-ethyl adjacent to an activating group) is 1. The zero-order valence-electron chi connectivity index (χ0n) is 13.2. The lowest BCUT2D eigenvalue weighted by Crippen LogP contribution is -2.38. The lowest BCUT2D eigenvalue weighted by Gasteiger charge is -2.33. The minimum atomic E-state index is 0.452. The smallest absolute Gasteiger partial charge is 0.156 e. The summed E-state index contributed by atoms with van der Waals surface area (Å²) in [6, 6.07) is 0. The maximum atomic E-state index is 4.74. The molecular formula is C15H31N3S. The summed E-state index contributed by atoms with van der Waals surface area (Å²) in [5, 5.41) is 4.66. The van der Waals surface area contributed by atoms with E-state index >= 15 is 0 Å². The quantitative estimate of drug-likeness (QED) is 0.742. The molecule has 0 unspecified atom stereocenters. The summed E-state index contributed by atoms with van der Waals surface area (Å²) >= 11 is 1.91. The molecule has 3 nitrogen and oxygen atoms in total. The first-order chi connectivity index (χ1) is 9.19. The van der Waals surface area contributed by atoms with Crippen LogP contribution in [-0.2, 0) is 0 Å². The molecule has 1 heterocycles. The predicted molar refractivity (Wildman–Crippen MR) is 88.2 cm³/mol. The molecule has 1 aliphatic rings. The Morgan fingerprint density at radius 2 is 1.95 bits per heavy atom. The van der Waals surface area contributed by atoms with E-state index in [0.29, 0.717) is 5.41 Å². The number of hydrogen-bond donors (Lipinski definition) is 1. The third-order valence-corrected chi connectivity index (χ3v) is 5.57. The molecule has 19 heavy (non-hydrogen) atoms. The standard InChI is InChI=1S/C15H31N3S/c1-5-10-18(8-4)11-9-16-14-17-12-15(6-2,7-3)13-19-14/h5-13H2,1-4H3,(H,16,17). The Bertz CT molecular complexity index is 275. The van der Waals surface area contributed by atoms with E-state index < -0.39 is 0 Å². The topological polar surface area (TPSA) is 27.6 Å². The molecule has 0 saturated carbocycles. The monoisotopic (exact) mass is 285 g/mol. The van der Waals surface area contributed by atoms with Gasteiger partial charge in [0, 0.05) is 25.4 Å². The van der Waals surface area contributed by atoms with Crippen molar-refractivity contribution in [3.05, 3.63) is 0 Å². The molecule has 0 aliphatic carbocycles. The molecule has 0 amide bonds. The zero-order chi connectivity index (χ0) is 14.1. The van der Waals surface area contributed by atoms with Crippen LogP contribution in [0, 0.1) is 5.41 Å². The van der Waals surface area contributed by atoms with Gasteiger partial charge in [-0.25, -0.2) is 0 Å². The fraction of sp³-hybridized carbons (Fsp3) is 0.933. The number of nitrogens with one attached hydrogen (secondary N) is 1. The molecule has 0 aromatic rings. The Hall–Kier alpha value is -0.220. The Morgan fingerprint density at radius 3 is 2.42 bits per heavy atom. The third-order valence-electron chi connectivity index (χ3n) is 4.26. The minimum Gasteiger partial charge on any atom is -0.364 e. The number of aliphatic imine (C=N–C) groups is 1. The molecule has 4 heteroatoms. The average Bonchev–Trinajstić information content (AvgIpc) is 2.47. The number of rotatable bonds is 8. The number of thioether (sulfide) groups is 1. The van der Waals surface area contributed by atoms with Crippen LogP contribution in [0.2, 0.25) is 0 Å². The van der Waals surface area contributed by atoms with Crippen molar-refractivity contribution in [1.82, 2.24) is 10.2 Å². The van der Waals surface area contributed by atoms with Crippen molar-refractivity contribution < 1.29 is 0 Å². The highest BCUT2D eigenvalue weighted by atomic mass is 32.2. The molecule has 1 rings (SSSR count). The molecular weight excluding hydrogens is 254 g/mol. The van der Waals surface area contributed by atoms with Crippen LogP contribution in [0.25, 0.3) is 0 Å². The van der Waals surface area contributed by atoms with E-state index in [4.69, 9.17) is 4.99 Å². The van der Waals surface area contributed by atoms with Crippen molar-refractivity contribution in [3.8, 4) is 0 Å². The van der Waals surface area contributed by atoms with Crippen molar-refractivity contribution in [3.63, 3.8) is 0 Å². The number of hydrogen-bond acceptors (Lipinski definition) is 4. The molecule has 0 radical (unpaired) electrons. The summed E-state index contributed by atoms with van der Waals surface area (Å²) in [6.07, 6.45) is 3.72. The summed E-state index contributed by atoms with van der Waals surface area (Å²) in [7, 11) is 0. The van der Waals surface area contributed by atoms with E-state index in [-0.39, 0.29) is 0 Å². The van der Waals surface area contributed by atoms with Gasteiger partial charge in [0.15, 0.2) is 5.17 Å². The van der Waals surface area contributed by atoms with Gasteiger partial charge in [0.2, 0.25) is 0 Å². The second-order valence-corrected chi connectivity index (χ2v) is 6.44. The lowest BCUT2D eigenvalue weighted by molar-refractivity contribution is 0.293. The number of nitrogens with zero attached hydrogens (tertiary/aromatic N) is 2. The molecule has 112 valence electrons. The first-order valence-electron chi connectivity index (χ1n) is 7.83. The molecule has 0 spiro atoms. The average molecular weight is 286 g/mol. The first kappa shape index (κ1) is 16.8. The van der Waals surface area contributed by atoms with Gasteiger partial charge in [-0.05, 0) is 37.8 Å². The molecule has 0 saturated heterocycles. The Kier molecular flexibility index (Phi) is 7.84. The van der Waals surface area contributed by atoms with Gasteiger partial charge in [-0.1, -0.05) is 39.5 Å². The van der Waals surface area contributed by atoms with Crippen LogP contribution in [0.5, 0.6) is 0 Å². The second-order valence-electron chi connectivity index (χ2n) is 5.48. The van der Waals surface area contributed by atoms with Crippen LogP contribution in [0.15, 0.2) is 4.99 Å². The van der Waals surface area contributed by atoms with Gasteiger partial charge in [-0.3, -0.25) is 4.99 Å². The van der Waals surface area contributed by atoms with E-state index in [1.165, 1.54) is 31.6 Å². The number of amidine groups is 1. The summed E-state index contributed by atoms with van der Waals surface area (Å²) < 4.78 is 0. The Balaban J connectivity index is 2.30. The van der Waals surface area contributed by atoms with Crippen LogP contribution in [0.1, 0.15) is 47.0 Å². The maximum absolute atomic E-state index is 4.74. The van der Waals surface area contributed by atoms with Crippen LogP contribution < -0.4 is 5.32 Å². The van der Waals surface area contributed by atoms with E-state index in [9.17, 15) is 0 Å². The Labute approximate surface area is 123 Å². The highest BCUT2D eigenvalue weighted by Gasteiger charge is 2.29. The maximum Gasteiger partial charge on any atom is 0.156 e.